The van der Waals surface area contributed by atoms with Crippen molar-refractivity contribution in [3.63, 3.8) is 0 Å². The molecule has 174 valence electrons. The Morgan fingerprint density at radius 1 is 1.20 bits per heavy atom. The first-order valence-corrected chi connectivity index (χ1v) is 11.5. The molecule has 1 unspecified atom stereocenters. The summed E-state index contributed by atoms with van der Waals surface area (Å²) in [5, 5.41) is 13.6. The summed E-state index contributed by atoms with van der Waals surface area (Å²) < 4.78 is 11.4. The number of methoxy groups -OCH3 is 1. The molecule has 1 atom stereocenters. The number of nitrogens with one attached hydrogen (secondary N) is 1. The Morgan fingerprint density at radius 2 is 1.90 bits per heavy atom. The molecule has 0 aromatic heterocycles. The molecule has 2 aliphatic rings. The molecule has 2 N–H and O–H groups in total. The Labute approximate surface area is 197 Å². The number of benzene rings is 1. The summed E-state index contributed by atoms with van der Waals surface area (Å²) in [5.74, 6) is 3.96. The lowest BCUT2D eigenvalue weighted by molar-refractivity contribution is 0.0632. The Kier molecular flexibility index (Phi) is 13.5. The average Bonchev–Trinajstić information content (AvgIpc) is 2.74. The number of hydrogen-bond acceptors (Lipinski definition) is 7. The second kappa shape index (κ2) is 14.6. The van der Waals surface area contributed by atoms with E-state index in [1.54, 1.807) is 7.11 Å². The number of aliphatic hydroxyl groups is 1. The van der Waals surface area contributed by atoms with E-state index in [1.165, 1.54) is 29.9 Å². The van der Waals surface area contributed by atoms with Crippen LogP contribution in [0, 0.1) is 0 Å². The van der Waals surface area contributed by atoms with Crippen molar-refractivity contribution >= 4 is 36.6 Å². The minimum atomic E-state index is -0.502. The summed E-state index contributed by atoms with van der Waals surface area (Å²) in [7, 11) is 3.88. The van der Waals surface area contributed by atoms with Crippen LogP contribution in [0.3, 0.4) is 0 Å². The molecule has 2 aliphatic heterocycles. The van der Waals surface area contributed by atoms with E-state index >= 15 is 0 Å². The number of piperazine rings is 1. The highest BCUT2D eigenvalue weighted by atomic mass is 35.5. The number of ether oxygens (including phenoxy) is 2. The zero-order valence-corrected chi connectivity index (χ0v) is 20.5. The number of halogens is 2. The van der Waals surface area contributed by atoms with Crippen LogP contribution < -0.4 is 14.8 Å². The van der Waals surface area contributed by atoms with Crippen molar-refractivity contribution in [2.75, 3.05) is 65.0 Å². The second-order valence-corrected chi connectivity index (χ2v) is 8.98. The van der Waals surface area contributed by atoms with Gasteiger partial charge in [0.05, 0.1) is 7.11 Å². The Bertz CT molecular complexity index is 603. The third-order valence-electron chi connectivity index (χ3n) is 5.58. The van der Waals surface area contributed by atoms with Gasteiger partial charge in [-0.2, -0.15) is 11.8 Å². The third-order valence-corrected chi connectivity index (χ3v) is 6.63. The zero-order chi connectivity index (χ0) is 19.8. The first-order valence-electron chi connectivity index (χ1n) is 10.3. The largest absolute Gasteiger partial charge is 0.493 e. The molecule has 0 spiro atoms. The number of β-amino-alcohol motifs (C(OH)–C–C–N with tert-alkyl or cyclic N) is 1. The van der Waals surface area contributed by atoms with Crippen molar-refractivity contribution in [3.8, 4) is 11.5 Å². The summed E-state index contributed by atoms with van der Waals surface area (Å²) in [6, 6.07) is 6.81. The van der Waals surface area contributed by atoms with Crippen molar-refractivity contribution in [3.05, 3.63) is 23.8 Å². The molecule has 1 aromatic carbocycles. The lowest BCUT2D eigenvalue weighted by Crippen LogP contribution is -2.47. The van der Waals surface area contributed by atoms with E-state index in [2.05, 4.69) is 46.1 Å². The Balaban J connectivity index is 0.00000225. The van der Waals surface area contributed by atoms with E-state index in [-0.39, 0.29) is 31.4 Å². The normalized spacial score (nSPS) is 18.9. The van der Waals surface area contributed by atoms with E-state index in [9.17, 15) is 5.11 Å². The molecule has 0 amide bonds. The van der Waals surface area contributed by atoms with Crippen molar-refractivity contribution in [2.24, 2.45) is 0 Å². The topological polar surface area (TPSA) is 57.2 Å². The van der Waals surface area contributed by atoms with Gasteiger partial charge >= 0.3 is 0 Å². The van der Waals surface area contributed by atoms with E-state index < -0.39 is 6.10 Å². The summed E-state index contributed by atoms with van der Waals surface area (Å²) in [4.78, 5) is 4.72. The van der Waals surface area contributed by atoms with Crippen molar-refractivity contribution in [1.29, 1.82) is 0 Å². The Morgan fingerprint density at radius 3 is 2.57 bits per heavy atom. The van der Waals surface area contributed by atoms with Gasteiger partial charge in [-0.3, -0.25) is 9.80 Å². The van der Waals surface area contributed by atoms with Gasteiger partial charge in [0.2, 0.25) is 0 Å². The van der Waals surface area contributed by atoms with Gasteiger partial charge in [0.15, 0.2) is 11.5 Å². The molecule has 6 nitrogen and oxygen atoms in total. The number of hydrogen-bond donors (Lipinski definition) is 2. The van der Waals surface area contributed by atoms with Crippen LogP contribution in [0.2, 0.25) is 0 Å². The highest BCUT2D eigenvalue weighted by Crippen LogP contribution is 2.29. The third kappa shape index (κ3) is 8.61. The number of thioether (sulfide) groups is 1. The summed E-state index contributed by atoms with van der Waals surface area (Å²) >= 11 is 2.06. The van der Waals surface area contributed by atoms with Crippen LogP contribution in [0.5, 0.6) is 11.5 Å². The maximum Gasteiger partial charge on any atom is 0.161 e. The van der Waals surface area contributed by atoms with E-state index in [1.807, 2.05) is 6.07 Å². The van der Waals surface area contributed by atoms with Crippen LogP contribution in [-0.4, -0.2) is 92.0 Å². The predicted molar refractivity (Wildman–Crippen MR) is 130 cm³/mol. The molecular formula is C21H37Cl2N3O3S. The van der Waals surface area contributed by atoms with Crippen LogP contribution >= 0.6 is 36.6 Å². The second-order valence-electron chi connectivity index (χ2n) is 7.76. The van der Waals surface area contributed by atoms with Crippen molar-refractivity contribution < 1.29 is 14.6 Å². The molecule has 0 bridgehead atoms. The fourth-order valence-electron chi connectivity index (χ4n) is 3.90. The molecule has 9 heteroatoms. The SMILES string of the molecule is COc1cc(CN(C)C2CCSCC2)ccc1OCC(O)CN1CCNCC1.Cl.Cl. The maximum absolute atomic E-state index is 10.3. The molecule has 2 saturated heterocycles. The zero-order valence-electron chi connectivity index (χ0n) is 18.0. The van der Waals surface area contributed by atoms with Crippen LogP contribution in [0.1, 0.15) is 18.4 Å². The summed E-state index contributed by atoms with van der Waals surface area (Å²) in [5.41, 5.74) is 1.23. The predicted octanol–water partition coefficient (Wildman–Crippen LogP) is 2.51. The monoisotopic (exact) mass is 481 g/mol. The van der Waals surface area contributed by atoms with Crippen LogP contribution in [-0.2, 0) is 6.54 Å². The van der Waals surface area contributed by atoms with Crippen molar-refractivity contribution in [2.45, 2.75) is 31.5 Å². The minimum Gasteiger partial charge on any atom is -0.493 e. The molecule has 30 heavy (non-hydrogen) atoms. The van der Waals surface area contributed by atoms with E-state index in [4.69, 9.17) is 9.47 Å². The van der Waals surface area contributed by atoms with Gasteiger partial charge < -0.3 is 19.9 Å². The lowest BCUT2D eigenvalue weighted by atomic mass is 10.1. The standard InChI is InChI=1S/C21H35N3O3S.2ClH/c1-23(18-5-11-28-12-6-18)14-17-3-4-20(21(13-17)26-2)27-16-19(25)15-24-9-7-22-8-10-24;;/h3-4,13,18-19,22,25H,5-12,14-16H2,1-2H3;2*1H. The number of aliphatic hydroxyl groups excluding tert-OH is 1. The average molecular weight is 483 g/mol. The maximum atomic E-state index is 10.3. The first kappa shape index (κ1) is 27.6. The first-order chi connectivity index (χ1) is 13.7. The fraction of sp³-hybridized carbons (Fsp3) is 0.714. The molecule has 0 saturated carbocycles. The molecule has 0 aliphatic carbocycles. The van der Waals surface area contributed by atoms with Crippen LogP contribution in [0.15, 0.2) is 18.2 Å². The minimum absolute atomic E-state index is 0. The lowest BCUT2D eigenvalue weighted by Gasteiger charge is -2.31. The van der Waals surface area contributed by atoms with E-state index in [0.29, 0.717) is 18.3 Å². The smallest absolute Gasteiger partial charge is 0.161 e. The Hall–Kier alpha value is -0.410. The quantitative estimate of drug-likeness (QED) is 0.561. The summed E-state index contributed by atoms with van der Waals surface area (Å²) in [6.07, 6.45) is 2.03. The molecule has 2 fully saturated rings. The van der Waals surface area contributed by atoms with Gasteiger partial charge in [-0.1, -0.05) is 6.07 Å². The number of rotatable bonds is 9. The summed E-state index contributed by atoms with van der Waals surface area (Å²) in [6.45, 7) is 5.75. The molecular weight excluding hydrogens is 445 g/mol. The number of nitrogens with zero attached hydrogens (tertiary/aromatic N) is 2. The van der Waals surface area contributed by atoms with Gasteiger partial charge in [0.25, 0.3) is 0 Å². The molecule has 3 rings (SSSR count). The fourth-order valence-corrected chi connectivity index (χ4v) is 4.98. The molecule has 2 heterocycles. The molecule has 0 radical (unpaired) electrons. The highest BCUT2D eigenvalue weighted by Gasteiger charge is 2.19. The van der Waals surface area contributed by atoms with Gasteiger partial charge in [0.1, 0.15) is 12.7 Å². The van der Waals surface area contributed by atoms with Gasteiger partial charge in [-0.25, -0.2) is 0 Å². The van der Waals surface area contributed by atoms with Crippen molar-refractivity contribution in [1.82, 2.24) is 15.1 Å². The highest BCUT2D eigenvalue weighted by molar-refractivity contribution is 7.99. The van der Waals surface area contributed by atoms with Gasteiger partial charge in [-0.05, 0) is 49.1 Å². The van der Waals surface area contributed by atoms with Gasteiger partial charge in [-0.15, -0.1) is 24.8 Å². The van der Waals surface area contributed by atoms with Crippen LogP contribution in [0.4, 0.5) is 0 Å². The van der Waals surface area contributed by atoms with E-state index in [0.717, 1.165) is 38.5 Å². The molecule has 1 aromatic rings. The van der Waals surface area contributed by atoms with Gasteiger partial charge in [0, 0.05) is 45.3 Å². The van der Waals surface area contributed by atoms with Crippen LogP contribution in [0.25, 0.3) is 0 Å².